The van der Waals surface area contributed by atoms with Gasteiger partial charge in [0.2, 0.25) is 0 Å². The topological polar surface area (TPSA) is 283 Å². The number of nitrogens with one attached hydrogen (secondary N) is 7. The van der Waals surface area contributed by atoms with Crippen molar-refractivity contribution in [1.29, 1.82) is 0 Å². The summed E-state index contributed by atoms with van der Waals surface area (Å²) in [5.74, 6) is 0.583. The highest BCUT2D eigenvalue weighted by atomic mass is 79.9. The molecule has 4 atom stereocenters. The smallest absolute Gasteiger partial charge is 0.416 e. The van der Waals surface area contributed by atoms with Crippen LogP contribution in [-0.2, 0) is 44.6 Å². The van der Waals surface area contributed by atoms with E-state index in [-0.39, 0.29) is 47.9 Å². The molecule has 5 aliphatic heterocycles. The van der Waals surface area contributed by atoms with Gasteiger partial charge in [0, 0.05) is 172 Å². The third-order valence-electron chi connectivity index (χ3n) is 24.1. The van der Waals surface area contributed by atoms with Gasteiger partial charge in [0.05, 0.1) is 32.1 Å². The normalized spacial score (nSPS) is 16.3. The number of hydrogen-bond acceptors (Lipinski definition) is 14. The number of aromatic nitrogens is 4. The van der Waals surface area contributed by atoms with Gasteiger partial charge in [-0.25, -0.2) is 19.2 Å². The highest BCUT2D eigenvalue weighted by molar-refractivity contribution is 9.10. The minimum atomic E-state index is -0.477. The van der Waals surface area contributed by atoms with Crippen molar-refractivity contribution >= 4 is 165 Å². The first-order valence-electron chi connectivity index (χ1n) is 44.2. The lowest BCUT2D eigenvalue weighted by molar-refractivity contribution is 0.0837. The van der Waals surface area contributed by atoms with Gasteiger partial charge in [-0.2, -0.15) is 0 Å². The zero-order valence-electron chi connectivity index (χ0n) is 73.0. The molecule has 0 spiro atoms. The summed E-state index contributed by atoms with van der Waals surface area (Å²) in [6.45, 7) is 11.2. The first-order valence-corrected chi connectivity index (χ1v) is 46.8. The maximum Gasteiger partial charge on any atom is 0.416 e. The van der Waals surface area contributed by atoms with Crippen LogP contribution in [0.1, 0.15) is 160 Å². The molecule has 10 heterocycles. The van der Waals surface area contributed by atoms with Crippen LogP contribution in [0.2, 0.25) is 25.1 Å². The van der Waals surface area contributed by atoms with Gasteiger partial charge in [-0.15, -0.1) is 0 Å². The van der Waals surface area contributed by atoms with Gasteiger partial charge in [0.15, 0.2) is 5.76 Å². The van der Waals surface area contributed by atoms with Crippen LogP contribution in [0, 0.1) is 0 Å². The molecule has 0 radical (unpaired) electrons. The van der Waals surface area contributed by atoms with Gasteiger partial charge in [-0.3, -0.25) is 29.2 Å². The predicted octanol–water partition coefficient (Wildman–Crippen LogP) is 24.7. The summed E-state index contributed by atoms with van der Waals surface area (Å²) in [6, 6.07) is 62.8. The summed E-state index contributed by atoms with van der Waals surface area (Å²) >= 11 is 34.4. The van der Waals surface area contributed by atoms with Gasteiger partial charge in [-0.1, -0.05) is 129 Å². The summed E-state index contributed by atoms with van der Waals surface area (Å²) in [6.07, 6.45) is 12.1. The van der Waals surface area contributed by atoms with Gasteiger partial charge in [0.25, 0.3) is 11.8 Å². The van der Waals surface area contributed by atoms with E-state index in [0.717, 1.165) is 157 Å². The molecule has 9 aromatic carbocycles. The molecule has 1 saturated heterocycles. The quantitative estimate of drug-likeness (QED) is 0.0293. The molecule has 7 N–H and O–H groups in total. The zero-order valence-corrected chi connectivity index (χ0v) is 78.4. The fourth-order valence-corrected chi connectivity index (χ4v) is 19.0. The molecule has 682 valence electrons. The van der Waals surface area contributed by atoms with Crippen LogP contribution in [0.5, 0.6) is 11.5 Å². The Hall–Kier alpha value is -12.2. The number of amides is 6. The Morgan fingerprint density at radius 3 is 1.36 bits per heavy atom. The summed E-state index contributed by atoms with van der Waals surface area (Å²) in [5.41, 5.74) is 17.8. The molecule has 30 heteroatoms. The Labute approximate surface area is 796 Å². The molecule has 1 fully saturated rings. The van der Waals surface area contributed by atoms with Crippen molar-refractivity contribution in [2.75, 3.05) is 83.5 Å². The van der Waals surface area contributed by atoms with Crippen molar-refractivity contribution in [3.63, 3.8) is 0 Å². The molecule has 6 amide bonds. The van der Waals surface area contributed by atoms with Crippen molar-refractivity contribution in [1.82, 2.24) is 44.9 Å². The van der Waals surface area contributed by atoms with Crippen molar-refractivity contribution in [3.8, 4) is 11.5 Å². The molecule has 132 heavy (non-hydrogen) atoms. The molecule has 5 aromatic heterocycles. The van der Waals surface area contributed by atoms with E-state index in [1.165, 1.54) is 28.3 Å². The Kier molecular flexibility index (Phi) is 30.3. The number of halogens is 6. The molecule has 24 nitrogen and oxygen atoms in total. The van der Waals surface area contributed by atoms with E-state index in [4.69, 9.17) is 90.8 Å². The Balaban J connectivity index is 0.000000130. The molecule has 14 aromatic rings. The number of allylic oxidation sites excluding steroid dienone is 2. The summed E-state index contributed by atoms with van der Waals surface area (Å²) in [7, 11) is 1.59. The number of carbonyl (C=O) groups excluding carboxylic acids is 6. The minimum Gasteiger partial charge on any atom is -0.459 e. The summed E-state index contributed by atoms with van der Waals surface area (Å²) in [4.78, 5) is 98.1. The average Bonchev–Trinajstić information content (AvgIpc) is 1.77. The summed E-state index contributed by atoms with van der Waals surface area (Å²) in [5, 5.41) is 16.9. The molecule has 4 unspecified atom stereocenters. The number of H-pyrrole nitrogens is 4. The monoisotopic (exact) mass is 1940 g/mol. The number of aromatic amines is 4. The van der Waals surface area contributed by atoms with Crippen LogP contribution in [0.3, 0.4) is 0 Å². The number of ether oxygens (including phenoxy) is 6. The number of hydrogen-bond donors (Lipinski definition) is 7. The first-order chi connectivity index (χ1) is 64.2. The zero-order chi connectivity index (χ0) is 92.1. The van der Waals surface area contributed by atoms with Gasteiger partial charge >= 0.3 is 24.4 Å². The predicted molar refractivity (Wildman–Crippen MR) is 521 cm³/mol. The van der Waals surface area contributed by atoms with Gasteiger partial charge in [-0.05, 0) is 280 Å². The van der Waals surface area contributed by atoms with Crippen molar-refractivity contribution in [2.45, 2.75) is 109 Å². The standard InChI is InChI=1S/C29H21Cl2N3O4.C29H27Cl2N3O3.C24H26BrN3O4.C20H25ClN2O2/c30-18-5-10-21(11-6-18)38-29(36)34-14-13-22-23-16-19(31)7-12-24(23)33-26(22)27(34)17-3-8-20(9-4-17)32-28(35)25-2-1-15-37-25;30-19-3-8-23(9-4-19)37-29(35)34-14-11-24-25-17-20(31)5-10-26(25)33-27(24)28(34)18-1-6-21(7-2-18)32-22-12-15-36-16-13-22;1-3-32-24(30)28-12-10-18-19-14-17(25)8-9-20(19)27-21(18)22(28)15-4-6-16(7-5-15)23(29)26-11-13-31-2;1-3-5-6-7-8-18-19-15(11-12-23(18)20(24)25-4-2)16-13-14(21)9-10-17(16)22-19/h1-12,15-16,27,33H,13-14H2,(H,32,35);1-10,17,22,28,32-33H,11-16H2;4-9,14,22,27H,3,10-13H2,1-2H3,(H,26,29);5-6,9-10,13,18,22H,3-4,7-8,11-12H2,1-2H3/b;;;6-5+. The van der Waals surface area contributed by atoms with E-state index in [9.17, 15) is 28.8 Å². The number of anilines is 2. The van der Waals surface area contributed by atoms with E-state index in [0.29, 0.717) is 114 Å². The molecular weight excluding hydrogens is 1840 g/mol. The Bertz CT molecular complexity index is 6480. The van der Waals surface area contributed by atoms with Crippen molar-refractivity contribution < 1.29 is 61.6 Å². The van der Waals surface area contributed by atoms with Crippen LogP contribution >= 0.6 is 73.9 Å². The lowest BCUT2D eigenvalue weighted by Crippen LogP contribution is -2.42. The first kappa shape index (κ1) is 93.1. The second-order valence-corrected chi connectivity index (χ2v) is 35.5. The lowest BCUT2D eigenvalue weighted by Gasteiger charge is -2.35. The van der Waals surface area contributed by atoms with Crippen LogP contribution in [0.15, 0.2) is 234 Å². The largest absolute Gasteiger partial charge is 0.459 e. The summed E-state index contributed by atoms with van der Waals surface area (Å²) < 4.78 is 38.7. The van der Waals surface area contributed by atoms with Crippen LogP contribution in [0.4, 0.5) is 30.6 Å². The van der Waals surface area contributed by atoms with Crippen LogP contribution in [0.25, 0.3) is 43.6 Å². The van der Waals surface area contributed by atoms with E-state index < -0.39 is 18.2 Å². The number of rotatable bonds is 19. The minimum absolute atomic E-state index is 0.00971. The fraction of sp³-hybridized carbons (Fsp3) is 0.275. The number of methoxy groups -OCH3 is 1. The Morgan fingerprint density at radius 1 is 0.470 bits per heavy atom. The molecule has 0 bridgehead atoms. The third kappa shape index (κ3) is 21.4. The SMILES string of the molecule is CC/C=C/CCC1c2[nH]c3ccc(Cl)cc3c2CCN1C(=O)OCC.CCOC(=O)N1CCc2c([nH]c3ccc(Br)cc23)C1c1ccc(C(=O)NCCOC)cc1.O=C(Nc1ccc(C2c3[nH]c4ccc(Cl)cc4c3CCN2C(=O)Oc2ccc(Cl)cc2)cc1)c1ccco1.O=C(Oc1ccc(Cl)cc1)N1CCc2c([nH]c3ccc(Cl)cc23)C1c1ccc(NC2CCOCC2)cc1. The number of carbonyl (C=O) groups is 6. The van der Waals surface area contributed by atoms with E-state index in [1.807, 2.05) is 103 Å². The van der Waals surface area contributed by atoms with Crippen LogP contribution in [-0.4, -0.2) is 155 Å². The van der Waals surface area contributed by atoms with Crippen molar-refractivity contribution in [2.24, 2.45) is 0 Å². The Morgan fingerprint density at radius 2 is 0.894 bits per heavy atom. The maximum atomic E-state index is 13.5. The van der Waals surface area contributed by atoms with Crippen molar-refractivity contribution in [3.05, 3.63) is 327 Å². The molecule has 0 aliphatic carbocycles. The highest BCUT2D eigenvalue weighted by Gasteiger charge is 2.41. The highest BCUT2D eigenvalue weighted by Crippen LogP contribution is 2.46. The number of furan rings is 1. The van der Waals surface area contributed by atoms with Gasteiger partial charge < -0.3 is 68.7 Å². The molecule has 19 rings (SSSR count). The van der Waals surface area contributed by atoms with E-state index in [2.05, 4.69) is 101 Å². The average molecular weight is 1940 g/mol. The van der Waals surface area contributed by atoms with Gasteiger partial charge in [0.1, 0.15) is 29.6 Å². The third-order valence-corrected chi connectivity index (χ3v) is 25.8. The second-order valence-electron chi connectivity index (χ2n) is 32.4. The maximum absolute atomic E-state index is 13.5. The second kappa shape index (κ2) is 43.0. The fourth-order valence-electron chi connectivity index (χ4n) is 17.9. The molecule has 5 aliphatic rings. The van der Waals surface area contributed by atoms with Crippen LogP contribution < -0.4 is 25.4 Å². The number of nitrogens with zero attached hydrogens (tertiary/aromatic N) is 4. The number of benzene rings is 9. The van der Waals surface area contributed by atoms with E-state index >= 15 is 0 Å². The van der Waals surface area contributed by atoms with E-state index in [1.54, 1.807) is 114 Å². The lowest BCUT2D eigenvalue weighted by atomic mass is 9.92. The molecule has 0 saturated carbocycles. The number of fused-ring (bicyclic) bond motifs is 12. The molecular formula is C102H99BrCl5N11O13.